The van der Waals surface area contributed by atoms with Gasteiger partial charge in [-0.25, -0.2) is 0 Å². The number of benzene rings is 1. The van der Waals surface area contributed by atoms with Gasteiger partial charge in [0.25, 0.3) is 5.91 Å². The van der Waals surface area contributed by atoms with Gasteiger partial charge in [0.2, 0.25) is 0 Å². The number of methoxy groups -OCH3 is 1. The van der Waals surface area contributed by atoms with Crippen LogP contribution in [0.1, 0.15) is 42.5 Å². The largest absolute Gasteiger partial charge is 0.491 e. The van der Waals surface area contributed by atoms with Crippen LogP contribution in [0.15, 0.2) is 24.3 Å². The number of nitrogens with one attached hydrogen (secondary N) is 1. The van der Waals surface area contributed by atoms with Gasteiger partial charge in [0.05, 0.1) is 6.61 Å². The van der Waals surface area contributed by atoms with Gasteiger partial charge >= 0.3 is 0 Å². The molecule has 0 aliphatic heterocycles. The van der Waals surface area contributed by atoms with E-state index in [9.17, 15) is 4.79 Å². The van der Waals surface area contributed by atoms with E-state index in [1.54, 1.807) is 19.2 Å². The highest BCUT2D eigenvalue weighted by molar-refractivity contribution is 5.94. The maximum absolute atomic E-state index is 12.1. The number of hydrogen-bond donors (Lipinski definition) is 1. The summed E-state index contributed by atoms with van der Waals surface area (Å²) in [5.41, 5.74) is 0.690. The molecule has 0 unspecified atom stereocenters. The molecule has 0 atom stereocenters. The zero-order valence-corrected chi connectivity index (χ0v) is 12.1. The van der Waals surface area contributed by atoms with Crippen molar-refractivity contribution < 1.29 is 14.3 Å². The predicted molar refractivity (Wildman–Crippen MR) is 78.2 cm³/mol. The molecule has 1 aliphatic carbocycles. The number of hydrogen-bond acceptors (Lipinski definition) is 3. The Balaban J connectivity index is 1.83. The molecular formula is C16H23NO3. The van der Waals surface area contributed by atoms with Crippen molar-refractivity contribution in [2.75, 3.05) is 20.3 Å². The van der Waals surface area contributed by atoms with E-state index in [1.165, 1.54) is 19.3 Å². The molecule has 2 rings (SSSR count). The van der Waals surface area contributed by atoms with Crippen LogP contribution in [0.5, 0.6) is 5.75 Å². The van der Waals surface area contributed by atoms with Crippen LogP contribution in [0, 0.1) is 0 Å². The average molecular weight is 277 g/mol. The van der Waals surface area contributed by atoms with Gasteiger partial charge in [-0.15, -0.1) is 0 Å². The summed E-state index contributed by atoms with van der Waals surface area (Å²) in [6.45, 7) is 1.08. The second kappa shape index (κ2) is 7.90. The lowest BCUT2D eigenvalue weighted by Gasteiger charge is -2.22. The Morgan fingerprint density at radius 3 is 2.50 bits per heavy atom. The van der Waals surface area contributed by atoms with Crippen molar-refractivity contribution in [1.82, 2.24) is 5.32 Å². The zero-order valence-electron chi connectivity index (χ0n) is 12.1. The number of carbonyl (C=O) groups excluding carboxylic acids is 1. The van der Waals surface area contributed by atoms with Crippen LogP contribution in [0.25, 0.3) is 0 Å². The maximum Gasteiger partial charge on any atom is 0.251 e. The first-order valence-electron chi connectivity index (χ1n) is 7.32. The molecule has 1 N–H and O–H groups in total. The van der Waals surface area contributed by atoms with Gasteiger partial charge in [-0.3, -0.25) is 4.79 Å². The molecule has 1 fully saturated rings. The van der Waals surface area contributed by atoms with Crippen molar-refractivity contribution in [3.05, 3.63) is 29.8 Å². The topological polar surface area (TPSA) is 47.6 Å². The van der Waals surface area contributed by atoms with Crippen molar-refractivity contribution in [3.8, 4) is 5.75 Å². The Bertz CT molecular complexity index is 410. The van der Waals surface area contributed by atoms with Gasteiger partial charge in [-0.2, -0.15) is 0 Å². The first-order valence-corrected chi connectivity index (χ1v) is 7.32. The smallest absolute Gasteiger partial charge is 0.251 e. The Morgan fingerprint density at radius 1 is 1.15 bits per heavy atom. The van der Waals surface area contributed by atoms with E-state index in [0.717, 1.165) is 18.6 Å². The number of ether oxygens (including phenoxy) is 2. The number of rotatable bonds is 6. The second-order valence-electron chi connectivity index (χ2n) is 5.17. The van der Waals surface area contributed by atoms with Crippen LogP contribution >= 0.6 is 0 Å². The van der Waals surface area contributed by atoms with E-state index in [-0.39, 0.29) is 5.91 Å². The van der Waals surface area contributed by atoms with Gasteiger partial charge in [0, 0.05) is 18.7 Å². The lowest BCUT2D eigenvalue weighted by molar-refractivity contribution is 0.0927. The van der Waals surface area contributed by atoms with Crippen LogP contribution in [0.2, 0.25) is 0 Å². The summed E-state index contributed by atoms with van der Waals surface area (Å²) in [5, 5.41) is 3.11. The standard InChI is InChI=1S/C16H23NO3/c1-19-11-12-20-15-9-7-13(8-10-15)16(18)17-14-5-3-2-4-6-14/h7-10,14H,2-6,11-12H2,1H3,(H,17,18). The molecule has 1 saturated carbocycles. The third-order valence-electron chi connectivity index (χ3n) is 3.61. The van der Waals surface area contributed by atoms with E-state index < -0.39 is 0 Å². The molecule has 0 saturated heterocycles. The molecule has 20 heavy (non-hydrogen) atoms. The van der Waals surface area contributed by atoms with Gasteiger partial charge in [-0.1, -0.05) is 19.3 Å². The summed E-state index contributed by atoms with van der Waals surface area (Å²) in [6.07, 6.45) is 5.93. The lowest BCUT2D eigenvalue weighted by atomic mass is 9.95. The van der Waals surface area contributed by atoms with E-state index in [0.29, 0.717) is 24.8 Å². The minimum Gasteiger partial charge on any atom is -0.491 e. The first-order chi connectivity index (χ1) is 9.79. The molecule has 4 nitrogen and oxygen atoms in total. The SMILES string of the molecule is COCCOc1ccc(C(=O)NC2CCCCC2)cc1. The van der Waals surface area contributed by atoms with Crippen LogP contribution in [0.4, 0.5) is 0 Å². The summed E-state index contributed by atoms with van der Waals surface area (Å²) in [7, 11) is 1.64. The third-order valence-corrected chi connectivity index (χ3v) is 3.61. The Kier molecular flexibility index (Phi) is 5.87. The molecule has 1 aliphatic rings. The van der Waals surface area contributed by atoms with Gasteiger partial charge in [0.15, 0.2) is 0 Å². The highest BCUT2D eigenvalue weighted by atomic mass is 16.5. The van der Waals surface area contributed by atoms with Crippen LogP contribution in [-0.2, 0) is 4.74 Å². The summed E-state index contributed by atoms with van der Waals surface area (Å²) in [4.78, 5) is 12.1. The third kappa shape index (κ3) is 4.53. The predicted octanol–water partition coefficient (Wildman–Crippen LogP) is 2.77. The summed E-state index contributed by atoms with van der Waals surface area (Å²) in [5.74, 6) is 0.775. The molecule has 0 heterocycles. The van der Waals surface area contributed by atoms with Crippen molar-refractivity contribution in [2.45, 2.75) is 38.1 Å². The lowest BCUT2D eigenvalue weighted by Crippen LogP contribution is -2.36. The highest BCUT2D eigenvalue weighted by Gasteiger charge is 2.16. The zero-order chi connectivity index (χ0) is 14.2. The molecule has 0 bridgehead atoms. The van der Waals surface area contributed by atoms with E-state index in [2.05, 4.69) is 5.32 Å². The van der Waals surface area contributed by atoms with Crippen molar-refractivity contribution in [1.29, 1.82) is 0 Å². The average Bonchev–Trinajstić information content (AvgIpc) is 2.49. The molecule has 1 aromatic rings. The number of amides is 1. The molecule has 1 amide bonds. The van der Waals surface area contributed by atoms with Crippen molar-refractivity contribution >= 4 is 5.91 Å². The van der Waals surface area contributed by atoms with Gasteiger partial charge < -0.3 is 14.8 Å². The Labute approximate surface area is 120 Å². The Hall–Kier alpha value is -1.55. The summed E-state index contributed by atoms with van der Waals surface area (Å²) in [6, 6.07) is 7.60. The highest BCUT2D eigenvalue weighted by Crippen LogP contribution is 2.18. The number of carbonyl (C=O) groups is 1. The molecule has 1 aromatic carbocycles. The van der Waals surface area contributed by atoms with Crippen LogP contribution in [-0.4, -0.2) is 32.3 Å². The van der Waals surface area contributed by atoms with E-state index >= 15 is 0 Å². The minimum absolute atomic E-state index is 0.0142. The van der Waals surface area contributed by atoms with Crippen molar-refractivity contribution in [2.24, 2.45) is 0 Å². The molecule has 0 radical (unpaired) electrons. The minimum atomic E-state index is 0.0142. The monoisotopic (exact) mass is 277 g/mol. The second-order valence-corrected chi connectivity index (χ2v) is 5.17. The summed E-state index contributed by atoms with van der Waals surface area (Å²) >= 11 is 0. The normalized spacial score (nSPS) is 15.8. The molecule has 4 heteroatoms. The summed E-state index contributed by atoms with van der Waals surface area (Å²) < 4.78 is 10.4. The quantitative estimate of drug-likeness (QED) is 0.813. The van der Waals surface area contributed by atoms with Gasteiger partial charge in [0.1, 0.15) is 12.4 Å². The maximum atomic E-state index is 12.1. The van der Waals surface area contributed by atoms with Crippen LogP contribution in [0.3, 0.4) is 0 Å². The molecule has 0 aromatic heterocycles. The van der Waals surface area contributed by atoms with E-state index in [4.69, 9.17) is 9.47 Å². The van der Waals surface area contributed by atoms with Gasteiger partial charge in [-0.05, 0) is 37.1 Å². The molecule has 110 valence electrons. The molecule has 0 spiro atoms. The fourth-order valence-corrected chi connectivity index (χ4v) is 2.46. The van der Waals surface area contributed by atoms with Crippen LogP contribution < -0.4 is 10.1 Å². The fraction of sp³-hybridized carbons (Fsp3) is 0.562. The molecular weight excluding hydrogens is 254 g/mol. The first kappa shape index (κ1) is 14.9. The van der Waals surface area contributed by atoms with Crippen molar-refractivity contribution in [3.63, 3.8) is 0 Å². The Morgan fingerprint density at radius 2 is 1.85 bits per heavy atom. The fourth-order valence-electron chi connectivity index (χ4n) is 2.46. The van der Waals surface area contributed by atoms with E-state index in [1.807, 2.05) is 12.1 Å².